The monoisotopic (exact) mass is 334 g/mol. The highest BCUT2D eigenvalue weighted by molar-refractivity contribution is 9.10. The fraction of sp³-hybridized carbons (Fsp3) is 0.714. The molecule has 1 fully saturated rings. The quantitative estimate of drug-likeness (QED) is 0.603. The van der Waals surface area contributed by atoms with Gasteiger partial charge in [-0.25, -0.2) is 0 Å². The van der Waals surface area contributed by atoms with E-state index in [1.165, 1.54) is 47.9 Å². The summed E-state index contributed by atoms with van der Waals surface area (Å²) in [5.41, 5.74) is 0. The summed E-state index contributed by atoms with van der Waals surface area (Å²) >= 11 is 11.9. The summed E-state index contributed by atoms with van der Waals surface area (Å²) in [7, 11) is 0. The molecule has 0 radical (unpaired) electrons. The Labute approximate surface area is 122 Å². The van der Waals surface area contributed by atoms with E-state index in [1.807, 2.05) is 11.3 Å². The van der Waals surface area contributed by atoms with Crippen LogP contribution in [0.25, 0.3) is 0 Å². The first kappa shape index (κ1) is 13.9. The van der Waals surface area contributed by atoms with Crippen LogP contribution in [0.3, 0.4) is 0 Å². The van der Waals surface area contributed by atoms with Crippen molar-refractivity contribution < 1.29 is 0 Å². The molecular weight excluding hydrogens is 316 g/mol. The van der Waals surface area contributed by atoms with E-state index < -0.39 is 0 Å². The molecule has 3 atom stereocenters. The van der Waals surface area contributed by atoms with Crippen LogP contribution >= 0.6 is 38.9 Å². The van der Waals surface area contributed by atoms with Crippen molar-refractivity contribution in [3.63, 3.8) is 0 Å². The van der Waals surface area contributed by atoms with Crippen molar-refractivity contribution in [1.29, 1.82) is 0 Å². The van der Waals surface area contributed by atoms with Crippen LogP contribution in [-0.2, 0) is 6.42 Å². The van der Waals surface area contributed by atoms with Gasteiger partial charge in [-0.1, -0.05) is 19.8 Å². The van der Waals surface area contributed by atoms with Crippen molar-refractivity contribution in [2.75, 3.05) is 0 Å². The molecule has 17 heavy (non-hydrogen) atoms. The van der Waals surface area contributed by atoms with Gasteiger partial charge in [-0.2, -0.15) is 0 Å². The van der Waals surface area contributed by atoms with Gasteiger partial charge < -0.3 is 0 Å². The molecular formula is C14H20BrClS. The number of thiophene rings is 1. The molecule has 0 saturated heterocycles. The lowest BCUT2D eigenvalue weighted by Gasteiger charge is -2.32. The maximum absolute atomic E-state index is 6.50. The molecule has 0 aromatic carbocycles. The molecule has 0 spiro atoms. The number of alkyl halides is 1. The van der Waals surface area contributed by atoms with Gasteiger partial charge in [0.2, 0.25) is 0 Å². The third kappa shape index (κ3) is 3.97. The molecule has 0 aliphatic heterocycles. The van der Waals surface area contributed by atoms with E-state index in [-0.39, 0.29) is 0 Å². The maximum atomic E-state index is 6.50. The lowest BCUT2D eigenvalue weighted by atomic mass is 9.77. The zero-order valence-electron chi connectivity index (χ0n) is 10.3. The number of rotatable bonds is 4. The fourth-order valence-electron chi connectivity index (χ4n) is 2.93. The molecule has 1 aromatic rings. The summed E-state index contributed by atoms with van der Waals surface area (Å²) in [6.45, 7) is 2.29. The summed E-state index contributed by atoms with van der Waals surface area (Å²) < 4.78 is 1.21. The lowest BCUT2D eigenvalue weighted by molar-refractivity contribution is 0.258. The summed E-state index contributed by atoms with van der Waals surface area (Å²) in [5, 5.41) is 2.56. The first-order chi connectivity index (χ1) is 8.19. The van der Waals surface area contributed by atoms with E-state index in [0.717, 1.165) is 5.92 Å². The minimum atomic E-state index is 0.393. The smallest absolute Gasteiger partial charge is 0.0367 e. The molecule has 96 valence electrons. The predicted octanol–water partition coefficient (Wildman–Crippen LogP) is 5.88. The molecule has 3 unspecified atom stereocenters. The molecule has 1 aliphatic carbocycles. The van der Waals surface area contributed by atoms with Gasteiger partial charge in [0.05, 0.1) is 0 Å². The number of hydrogen-bond donors (Lipinski definition) is 0. The Morgan fingerprint density at radius 1 is 1.47 bits per heavy atom. The second-order valence-corrected chi connectivity index (χ2v) is 7.65. The highest BCUT2D eigenvalue weighted by atomic mass is 79.9. The number of hydrogen-bond acceptors (Lipinski definition) is 1. The van der Waals surface area contributed by atoms with E-state index in [1.54, 1.807) is 0 Å². The normalized spacial score (nSPS) is 29.5. The van der Waals surface area contributed by atoms with Gasteiger partial charge in [-0.3, -0.25) is 0 Å². The van der Waals surface area contributed by atoms with Crippen molar-refractivity contribution in [1.82, 2.24) is 0 Å². The molecule has 0 N–H and O–H groups in total. The SMILES string of the molecule is CCCC1CCC(Cl)C(Cc2cc(Br)cs2)C1. The van der Waals surface area contributed by atoms with E-state index in [0.29, 0.717) is 11.3 Å². The van der Waals surface area contributed by atoms with Crippen molar-refractivity contribution in [3.8, 4) is 0 Å². The lowest BCUT2D eigenvalue weighted by Crippen LogP contribution is -2.26. The average molecular weight is 336 g/mol. The summed E-state index contributed by atoms with van der Waals surface area (Å²) in [5.74, 6) is 1.61. The highest BCUT2D eigenvalue weighted by Crippen LogP contribution is 2.37. The van der Waals surface area contributed by atoms with Gasteiger partial charge in [-0.15, -0.1) is 22.9 Å². The average Bonchev–Trinajstić information content (AvgIpc) is 2.69. The van der Waals surface area contributed by atoms with Gasteiger partial charge >= 0.3 is 0 Å². The highest BCUT2D eigenvalue weighted by Gasteiger charge is 2.29. The van der Waals surface area contributed by atoms with Crippen LogP contribution in [0.1, 0.15) is 43.9 Å². The van der Waals surface area contributed by atoms with Gasteiger partial charge in [0.1, 0.15) is 0 Å². The molecule has 1 saturated carbocycles. The van der Waals surface area contributed by atoms with Gasteiger partial charge in [0.15, 0.2) is 0 Å². The molecule has 1 heterocycles. The Morgan fingerprint density at radius 3 is 2.94 bits per heavy atom. The molecule has 0 bridgehead atoms. The maximum Gasteiger partial charge on any atom is 0.0367 e. The third-order valence-electron chi connectivity index (χ3n) is 3.78. The van der Waals surface area contributed by atoms with Gasteiger partial charge in [0, 0.05) is 20.1 Å². The second-order valence-electron chi connectivity index (χ2n) is 5.18. The first-order valence-corrected chi connectivity index (χ1v) is 8.67. The molecule has 1 aromatic heterocycles. The fourth-order valence-corrected chi connectivity index (χ4v) is 4.79. The van der Waals surface area contributed by atoms with Crippen LogP contribution in [-0.4, -0.2) is 5.38 Å². The van der Waals surface area contributed by atoms with Crippen molar-refractivity contribution in [3.05, 3.63) is 20.8 Å². The zero-order valence-corrected chi connectivity index (χ0v) is 13.5. The zero-order chi connectivity index (χ0) is 12.3. The van der Waals surface area contributed by atoms with Crippen LogP contribution in [0.2, 0.25) is 0 Å². The number of halogens is 2. The predicted molar refractivity (Wildman–Crippen MR) is 81.1 cm³/mol. The molecule has 0 amide bonds. The van der Waals surface area contributed by atoms with Gasteiger partial charge in [-0.05, 0) is 59.5 Å². The van der Waals surface area contributed by atoms with Crippen molar-refractivity contribution >= 4 is 38.9 Å². The Balaban J connectivity index is 1.93. The largest absolute Gasteiger partial charge is 0.148 e. The molecule has 2 rings (SSSR count). The van der Waals surface area contributed by atoms with Crippen LogP contribution in [0.4, 0.5) is 0 Å². The minimum Gasteiger partial charge on any atom is -0.148 e. The van der Waals surface area contributed by atoms with Crippen LogP contribution in [0, 0.1) is 11.8 Å². The summed E-state index contributed by atoms with van der Waals surface area (Å²) in [6.07, 6.45) is 7.75. The molecule has 1 aliphatic rings. The molecule has 0 nitrogen and oxygen atoms in total. The molecule has 3 heteroatoms. The Bertz CT molecular complexity index is 350. The standard InChI is InChI=1S/C14H20BrClS/c1-2-3-10-4-5-14(16)11(6-10)7-13-8-12(15)9-17-13/h8-11,14H,2-7H2,1H3. The Kier molecular flexibility index (Phi) is 5.38. The van der Waals surface area contributed by atoms with Crippen molar-refractivity contribution in [2.45, 2.75) is 50.8 Å². The van der Waals surface area contributed by atoms with Crippen molar-refractivity contribution in [2.24, 2.45) is 11.8 Å². The second kappa shape index (κ2) is 6.58. The minimum absolute atomic E-state index is 0.393. The van der Waals surface area contributed by atoms with Gasteiger partial charge in [0.25, 0.3) is 0 Å². The van der Waals surface area contributed by atoms with Crippen LogP contribution in [0.15, 0.2) is 15.9 Å². The summed E-state index contributed by atoms with van der Waals surface area (Å²) in [4.78, 5) is 1.48. The van der Waals surface area contributed by atoms with E-state index in [9.17, 15) is 0 Å². The van der Waals surface area contributed by atoms with E-state index >= 15 is 0 Å². The third-order valence-corrected chi connectivity index (χ3v) is 6.07. The summed E-state index contributed by atoms with van der Waals surface area (Å²) in [6, 6.07) is 2.25. The van der Waals surface area contributed by atoms with Crippen LogP contribution in [0.5, 0.6) is 0 Å². The Hall–Kier alpha value is 0.470. The van der Waals surface area contributed by atoms with E-state index in [4.69, 9.17) is 11.6 Å². The topological polar surface area (TPSA) is 0 Å². The van der Waals surface area contributed by atoms with E-state index in [2.05, 4.69) is 34.3 Å². The van der Waals surface area contributed by atoms with Crippen LogP contribution < -0.4 is 0 Å². The first-order valence-electron chi connectivity index (χ1n) is 6.56. The Morgan fingerprint density at radius 2 is 2.29 bits per heavy atom.